The summed E-state index contributed by atoms with van der Waals surface area (Å²) >= 11 is 0. The number of carbonyl (C=O) groups excluding carboxylic acids is 1. The number of aromatic nitrogens is 4. The number of hydrogen-bond acceptors (Lipinski definition) is 5. The van der Waals surface area contributed by atoms with Crippen molar-refractivity contribution < 1.29 is 9.53 Å². The van der Waals surface area contributed by atoms with E-state index < -0.39 is 5.60 Å². The maximum atomic E-state index is 13.0. The number of hydrogen-bond donors (Lipinski definition) is 0. The molecule has 5 rings (SSSR count). The smallest absolute Gasteiger partial charge is 0.245 e. The van der Waals surface area contributed by atoms with E-state index in [4.69, 9.17) is 9.72 Å². The Labute approximate surface area is 175 Å². The second-order valence-electron chi connectivity index (χ2n) is 8.04. The molecule has 154 valence electrons. The highest BCUT2D eigenvalue weighted by atomic mass is 16.5. The lowest BCUT2D eigenvalue weighted by molar-refractivity contribution is -0.144. The van der Waals surface area contributed by atoms with Gasteiger partial charge in [0.2, 0.25) is 5.91 Å². The van der Waals surface area contributed by atoms with Gasteiger partial charge in [0.1, 0.15) is 11.6 Å². The highest BCUT2D eigenvalue weighted by Gasteiger charge is 2.43. The summed E-state index contributed by atoms with van der Waals surface area (Å²) in [7, 11) is 0. The lowest BCUT2D eigenvalue weighted by Crippen LogP contribution is -2.50. The fourth-order valence-electron chi connectivity index (χ4n) is 4.49. The minimum atomic E-state index is -0.435. The fraction of sp³-hybridized carbons (Fsp3) is 0.391. The third kappa shape index (κ3) is 3.29. The summed E-state index contributed by atoms with van der Waals surface area (Å²) < 4.78 is 8.19. The fourth-order valence-corrected chi connectivity index (χ4v) is 4.49. The van der Waals surface area contributed by atoms with Gasteiger partial charge in [-0.15, -0.1) is 0 Å². The summed E-state index contributed by atoms with van der Waals surface area (Å²) in [6.45, 7) is 3.89. The van der Waals surface area contributed by atoms with E-state index >= 15 is 0 Å². The van der Waals surface area contributed by atoms with Crippen LogP contribution in [0.5, 0.6) is 0 Å². The molecule has 30 heavy (non-hydrogen) atoms. The summed E-state index contributed by atoms with van der Waals surface area (Å²) in [6.07, 6.45) is 9.49. The molecule has 2 aromatic heterocycles. The second kappa shape index (κ2) is 7.65. The largest absolute Gasteiger partial charge is 0.368 e. The van der Waals surface area contributed by atoms with Gasteiger partial charge in [0.25, 0.3) is 0 Å². The monoisotopic (exact) mass is 403 g/mol. The van der Waals surface area contributed by atoms with Crippen molar-refractivity contribution in [2.24, 2.45) is 0 Å². The van der Waals surface area contributed by atoms with Gasteiger partial charge in [-0.25, -0.2) is 15.0 Å². The number of fused-ring (bicyclic) bond motifs is 2. The normalized spacial score (nSPS) is 18.8. The summed E-state index contributed by atoms with van der Waals surface area (Å²) in [6, 6.07) is 9.77. The molecule has 0 saturated carbocycles. The molecule has 4 heterocycles. The van der Waals surface area contributed by atoms with Crippen LogP contribution in [0.4, 0.5) is 0 Å². The second-order valence-corrected chi connectivity index (χ2v) is 8.04. The molecule has 1 unspecified atom stereocenters. The highest BCUT2D eigenvalue weighted by Crippen LogP contribution is 2.41. The van der Waals surface area contributed by atoms with Crippen LogP contribution in [0.25, 0.3) is 11.4 Å². The van der Waals surface area contributed by atoms with Crippen LogP contribution < -0.4 is 0 Å². The Morgan fingerprint density at radius 3 is 2.73 bits per heavy atom. The average molecular weight is 403 g/mol. The van der Waals surface area contributed by atoms with Crippen LogP contribution in [0.15, 0.2) is 55.2 Å². The Hall–Kier alpha value is -3.06. The maximum absolute atomic E-state index is 13.0. The molecule has 1 saturated heterocycles. The number of rotatable bonds is 3. The molecule has 0 N–H and O–H groups in total. The maximum Gasteiger partial charge on any atom is 0.245 e. The summed E-state index contributed by atoms with van der Waals surface area (Å²) in [4.78, 5) is 28.5. The van der Waals surface area contributed by atoms with E-state index in [0.29, 0.717) is 19.7 Å². The first kappa shape index (κ1) is 18.9. The number of ether oxygens (including phenoxy) is 1. The van der Waals surface area contributed by atoms with Gasteiger partial charge in [-0.3, -0.25) is 4.79 Å². The van der Waals surface area contributed by atoms with Gasteiger partial charge >= 0.3 is 0 Å². The van der Waals surface area contributed by atoms with Crippen LogP contribution in [0, 0.1) is 0 Å². The molecule has 1 spiro atoms. The van der Waals surface area contributed by atoms with Crippen molar-refractivity contribution in [3.8, 4) is 11.4 Å². The van der Waals surface area contributed by atoms with E-state index in [2.05, 4.69) is 9.97 Å². The molecule has 1 aromatic carbocycles. The van der Waals surface area contributed by atoms with Crippen LogP contribution in [0.2, 0.25) is 0 Å². The van der Waals surface area contributed by atoms with Crippen molar-refractivity contribution in [1.82, 2.24) is 24.4 Å². The molecule has 1 fully saturated rings. The van der Waals surface area contributed by atoms with Crippen LogP contribution in [0.3, 0.4) is 0 Å². The molecule has 0 aliphatic carbocycles. The molecule has 1 amide bonds. The van der Waals surface area contributed by atoms with Gasteiger partial charge in [-0.2, -0.15) is 0 Å². The summed E-state index contributed by atoms with van der Waals surface area (Å²) in [5, 5.41) is 0. The standard InChI is InChI=1S/C23H25N5O2/c1-17(28-13-10-24-16-28)22(29)27-11-8-23(9-12-27)20-19(7-14-30-23)15-25-21(26-20)18-5-3-2-4-6-18/h2-6,10,13,15-17H,7-9,11-12,14H2,1H3. The van der Waals surface area contributed by atoms with Crippen LogP contribution in [-0.2, 0) is 21.6 Å². The van der Waals surface area contributed by atoms with E-state index in [-0.39, 0.29) is 11.9 Å². The number of imidazole rings is 1. The first-order chi connectivity index (χ1) is 14.7. The molecule has 7 nitrogen and oxygen atoms in total. The van der Waals surface area contributed by atoms with E-state index in [9.17, 15) is 4.79 Å². The Bertz CT molecular complexity index is 1030. The van der Waals surface area contributed by atoms with Crippen LogP contribution in [0.1, 0.15) is 37.1 Å². The Morgan fingerprint density at radius 1 is 1.20 bits per heavy atom. The van der Waals surface area contributed by atoms with Gasteiger partial charge in [0, 0.05) is 37.2 Å². The number of likely N-dealkylation sites (tertiary alicyclic amines) is 1. The van der Waals surface area contributed by atoms with Crippen molar-refractivity contribution in [2.75, 3.05) is 19.7 Å². The quantitative estimate of drug-likeness (QED) is 0.672. The lowest BCUT2D eigenvalue weighted by Gasteiger charge is -2.44. The summed E-state index contributed by atoms with van der Waals surface area (Å²) in [5.74, 6) is 0.845. The van der Waals surface area contributed by atoms with E-state index in [0.717, 1.165) is 41.9 Å². The van der Waals surface area contributed by atoms with Crippen molar-refractivity contribution in [3.05, 3.63) is 66.5 Å². The predicted molar refractivity (Wildman–Crippen MR) is 112 cm³/mol. The Kier molecular flexibility index (Phi) is 4.83. The number of nitrogens with zero attached hydrogens (tertiary/aromatic N) is 5. The first-order valence-electron chi connectivity index (χ1n) is 10.5. The highest BCUT2D eigenvalue weighted by molar-refractivity contribution is 5.80. The molecule has 3 aromatic rings. The molecule has 2 aliphatic rings. The zero-order valence-corrected chi connectivity index (χ0v) is 17.1. The van der Waals surface area contributed by atoms with Crippen molar-refractivity contribution in [1.29, 1.82) is 0 Å². The van der Waals surface area contributed by atoms with Gasteiger partial charge in [-0.05, 0) is 31.7 Å². The van der Waals surface area contributed by atoms with Gasteiger partial charge in [-0.1, -0.05) is 30.3 Å². The SMILES string of the molecule is CC(C(=O)N1CCC2(CC1)OCCc1cnc(-c3ccccc3)nc12)n1ccnc1. The van der Waals surface area contributed by atoms with Gasteiger partial charge in [0.15, 0.2) is 5.82 Å². The zero-order chi connectivity index (χ0) is 20.6. The number of amides is 1. The lowest BCUT2D eigenvalue weighted by atomic mass is 9.83. The third-order valence-corrected chi connectivity index (χ3v) is 6.29. The molecular formula is C23H25N5O2. The van der Waals surface area contributed by atoms with Crippen molar-refractivity contribution in [3.63, 3.8) is 0 Å². The van der Waals surface area contributed by atoms with Crippen LogP contribution in [-0.4, -0.2) is 50.0 Å². The third-order valence-electron chi connectivity index (χ3n) is 6.29. The predicted octanol–water partition coefficient (Wildman–Crippen LogP) is 2.99. The van der Waals surface area contributed by atoms with E-state index in [1.54, 1.807) is 12.5 Å². The summed E-state index contributed by atoms with van der Waals surface area (Å²) in [5.41, 5.74) is 2.72. The van der Waals surface area contributed by atoms with Crippen LogP contribution >= 0.6 is 0 Å². The Balaban J connectivity index is 1.38. The molecule has 0 bridgehead atoms. The minimum absolute atomic E-state index is 0.117. The van der Waals surface area contributed by atoms with Crippen molar-refractivity contribution in [2.45, 2.75) is 37.8 Å². The average Bonchev–Trinajstić information content (AvgIpc) is 3.34. The minimum Gasteiger partial charge on any atom is -0.368 e. The van der Waals surface area contributed by atoms with Crippen molar-refractivity contribution >= 4 is 5.91 Å². The molecular weight excluding hydrogens is 378 g/mol. The number of piperidine rings is 1. The number of carbonyl (C=O) groups is 1. The van der Waals surface area contributed by atoms with E-state index in [1.165, 1.54) is 0 Å². The molecule has 0 radical (unpaired) electrons. The van der Waals surface area contributed by atoms with Gasteiger partial charge in [0.05, 0.1) is 18.6 Å². The topological polar surface area (TPSA) is 73.1 Å². The molecule has 1 atom stereocenters. The molecule has 2 aliphatic heterocycles. The first-order valence-corrected chi connectivity index (χ1v) is 10.5. The zero-order valence-electron chi connectivity index (χ0n) is 17.1. The Morgan fingerprint density at radius 2 is 2.00 bits per heavy atom. The molecule has 7 heteroatoms. The van der Waals surface area contributed by atoms with Gasteiger partial charge < -0.3 is 14.2 Å². The number of benzene rings is 1. The van der Waals surface area contributed by atoms with E-state index in [1.807, 2.05) is 59.1 Å².